The number of hydrogen-bond donors (Lipinski definition) is 3. The fourth-order valence-corrected chi connectivity index (χ4v) is 0.711. The third-order valence-corrected chi connectivity index (χ3v) is 1.37. The molecule has 0 saturated carbocycles. The molecule has 0 unspecified atom stereocenters. The van der Waals surface area contributed by atoms with E-state index in [1.54, 1.807) is 0 Å². The van der Waals surface area contributed by atoms with Crippen LogP contribution in [0.3, 0.4) is 0 Å². The van der Waals surface area contributed by atoms with Gasteiger partial charge in [0, 0.05) is 11.7 Å². The second-order valence-corrected chi connectivity index (χ2v) is 2.48. The highest BCUT2D eigenvalue weighted by Crippen LogP contribution is 1.96. The molecule has 0 radical (unpaired) electrons. The van der Waals surface area contributed by atoms with Gasteiger partial charge in [0.2, 0.25) is 0 Å². The summed E-state index contributed by atoms with van der Waals surface area (Å²) < 4.78 is 0. The molecule has 0 aliphatic heterocycles. The van der Waals surface area contributed by atoms with Crippen LogP contribution in [-0.4, -0.2) is 24.5 Å². The standard InChI is InChI=1S/C6H13N5O2/c7-4(5(12)11-13)2-1-3-10-6(8)9/h4H,1-3,7H2,(H4,8,9,10)/t4-/m0/s1. The van der Waals surface area contributed by atoms with E-state index in [1.807, 2.05) is 0 Å². The molecule has 1 amide bonds. The lowest BCUT2D eigenvalue weighted by Gasteiger charge is -2.02. The summed E-state index contributed by atoms with van der Waals surface area (Å²) in [6.07, 6.45) is 0.891. The fourth-order valence-electron chi connectivity index (χ4n) is 0.711. The number of rotatable bonds is 5. The summed E-state index contributed by atoms with van der Waals surface area (Å²) in [6.45, 7) is 0.391. The molecule has 0 aromatic rings. The molecule has 7 heteroatoms. The Hall–Kier alpha value is -1.50. The van der Waals surface area contributed by atoms with Crippen LogP contribution in [0.2, 0.25) is 0 Å². The highest BCUT2D eigenvalue weighted by atomic mass is 16.3. The molecule has 0 aliphatic rings. The van der Waals surface area contributed by atoms with Crippen LogP contribution in [0.4, 0.5) is 0 Å². The van der Waals surface area contributed by atoms with Crippen molar-refractivity contribution in [3.8, 4) is 0 Å². The molecule has 0 heterocycles. The summed E-state index contributed by atoms with van der Waals surface area (Å²) in [4.78, 5) is 24.0. The van der Waals surface area contributed by atoms with Gasteiger partial charge in [-0.25, -0.2) is 0 Å². The highest BCUT2D eigenvalue weighted by molar-refractivity contribution is 5.82. The predicted octanol–water partition coefficient (Wildman–Crippen LogP) is -1.34. The van der Waals surface area contributed by atoms with Crippen LogP contribution in [0.25, 0.3) is 0 Å². The van der Waals surface area contributed by atoms with Gasteiger partial charge >= 0.3 is 5.91 Å². The van der Waals surface area contributed by atoms with Crippen molar-refractivity contribution < 1.29 is 4.79 Å². The smallest absolute Gasteiger partial charge is 0.302 e. The third-order valence-electron chi connectivity index (χ3n) is 1.37. The summed E-state index contributed by atoms with van der Waals surface area (Å²) in [5.74, 6) is -0.849. The van der Waals surface area contributed by atoms with Crippen molar-refractivity contribution in [2.75, 3.05) is 6.54 Å². The molecule has 0 aromatic carbocycles. The van der Waals surface area contributed by atoms with Gasteiger partial charge in [-0.3, -0.25) is 9.79 Å². The van der Waals surface area contributed by atoms with E-state index in [0.29, 0.717) is 19.4 Å². The maximum absolute atomic E-state index is 10.6. The maximum Gasteiger partial charge on any atom is 0.302 e. The number of aliphatic imine (C=N–C) groups is 1. The van der Waals surface area contributed by atoms with E-state index in [0.717, 1.165) is 0 Å². The zero-order valence-corrected chi connectivity index (χ0v) is 7.14. The first-order valence-electron chi connectivity index (χ1n) is 3.76. The number of carbonyl (C=O) groups is 1. The minimum absolute atomic E-state index is 0.00610. The van der Waals surface area contributed by atoms with Crippen LogP contribution in [0.1, 0.15) is 12.8 Å². The summed E-state index contributed by atoms with van der Waals surface area (Å²) in [6, 6.07) is -0.841. The molecule has 6 N–H and O–H groups in total. The normalized spacial score (nSPS) is 11.8. The maximum atomic E-state index is 10.6. The van der Waals surface area contributed by atoms with Crippen LogP contribution in [0.5, 0.6) is 0 Å². The van der Waals surface area contributed by atoms with E-state index in [1.165, 1.54) is 0 Å². The van der Waals surface area contributed by atoms with Gasteiger partial charge in [-0.2, -0.15) is 0 Å². The summed E-state index contributed by atoms with van der Waals surface area (Å²) in [5.41, 5.74) is 15.4. The molecule has 0 aliphatic carbocycles. The van der Waals surface area contributed by atoms with E-state index < -0.39 is 11.9 Å². The van der Waals surface area contributed by atoms with Crippen LogP contribution < -0.4 is 17.2 Å². The van der Waals surface area contributed by atoms with E-state index in [-0.39, 0.29) is 5.96 Å². The van der Waals surface area contributed by atoms with Gasteiger partial charge < -0.3 is 17.2 Å². The average molecular weight is 187 g/mol. The van der Waals surface area contributed by atoms with Crippen molar-refractivity contribution in [3.05, 3.63) is 4.91 Å². The Balaban J connectivity index is 3.59. The topological polar surface area (TPSA) is 137 Å². The number of nitrogens with two attached hydrogens (primary N) is 3. The van der Waals surface area contributed by atoms with Crippen molar-refractivity contribution in [1.29, 1.82) is 0 Å². The monoisotopic (exact) mass is 187 g/mol. The van der Waals surface area contributed by atoms with Gasteiger partial charge in [0.05, 0.1) is 6.04 Å². The van der Waals surface area contributed by atoms with Gasteiger partial charge in [-0.05, 0) is 12.8 Å². The Morgan fingerprint density at radius 2 is 2.00 bits per heavy atom. The third kappa shape index (κ3) is 5.74. The minimum Gasteiger partial charge on any atom is -0.370 e. The Kier molecular flexibility index (Phi) is 5.37. The van der Waals surface area contributed by atoms with E-state index in [4.69, 9.17) is 17.2 Å². The van der Waals surface area contributed by atoms with Crippen LogP contribution in [0.15, 0.2) is 10.2 Å². The van der Waals surface area contributed by atoms with Crippen molar-refractivity contribution >= 4 is 11.9 Å². The van der Waals surface area contributed by atoms with Crippen LogP contribution >= 0.6 is 0 Å². The molecule has 7 nitrogen and oxygen atoms in total. The van der Waals surface area contributed by atoms with E-state index in [9.17, 15) is 9.70 Å². The first-order valence-corrected chi connectivity index (χ1v) is 3.76. The number of hydrogen-bond acceptors (Lipinski definition) is 4. The number of amides is 1. The molecule has 74 valence electrons. The molecule has 0 bridgehead atoms. The van der Waals surface area contributed by atoms with E-state index in [2.05, 4.69) is 10.2 Å². The molecule has 0 fully saturated rings. The van der Waals surface area contributed by atoms with Gasteiger partial charge in [0.1, 0.15) is 0 Å². The largest absolute Gasteiger partial charge is 0.370 e. The second kappa shape index (κ2) is 6.06. The zero-order valence-electron chi connectivity index (χ0n) is 7.14. The minimum atomic E-state index is -0.843. The Morgan fingerprint density at radius 1 is 1.38 bits per heavy atom. The Labute approximate surface area is 75.3 Å². The highest BCUT2D eigenvalue weighted by Gasteiger charge is 2.12. The molecule has 0 aromatic heterocycles. The van der Waals surface area contributed by atoms with Crippen molar-refractivity contribution in [1.82, 2.24) is 0 Å². The van der Waals surface area contributed by atoms with E-state index >= 15 is 0 Å². The number of guanidine groups is 1. The molecular weight excluding hydrogens is 174 g/mol. The molecule has 1 atom stereocenters. The number of nitrogens with zero attached hydrogens (tertiary/aromatic N) is 2. The lowest BCUT2D eigenvalue weighted by molar-refractivity contribution is -0.119. The first-order chi connectivity index (χ1) is 6.07. The lowest BCUT2D eigenvalue weighted by atomic mass is 10.1. The second-order valence-electron chi connectivity index (χ2n) is 2.48. The summed E-state index contributed by atoms with van der Waals surface area (Å²) >= 11 is 0. The Morgan fingerprint density at radius 3 is 2.46 bits per heavy atom. The van der Waals surface area contributed by atoms with Gasteiger partial charge in [-0.1, -0.05) is 0 Å². The van der Waals surface area contributed by atoms with Gasteiger partial charge in [0.25, 0.3) is 0 Å². The molecule has 13 heavy (non-hydrogen) atoms. The SMILES string of the molecule is NC(N)=NCCC[C@H](N)C(=O)N=O. The zero-order chi connectivity index (χ0) is 10.3. The molecule has 0 saturated heterocycles. The van der Waals surface area contributed by atoms with Crippen molar-refractivity contribution in [2.45, 2.75) is 18.9 Å². The van der Waals surface area contributed by atoms with Crippen LogP contribution in [0, 0.1) is 4.91 Å². The number of nitroso groups, excluding NO2 is 1. The van der Waals surface area contributed by atoms with Gasteiger partial charge in [-0.15, -0.1) is 4.91 Å². The summed E-state index contributed by atoms with van der Waals surface area (Å²) in [7, 11) is 0. The first kappa shape index (κ1) is 11.5. The predicted molar refractivity (Wildman–Crippen MR) is 48.7 cm³/mol. The lowest BCUT2D eigenvalue weighted by Crippen LogP contribution is -2.29. The molecule has 0 rings (SSSR count). The Bertz CT molecular complexity index is 211. The molecular formula is C6H13N5O2. The van der Waals surface area contributed by atoms with Crippen LogP contribution in [-0.2, 0) is 4.79 Å². The van der Waals surface area contributed by atoms with Crippen molar-refractivity contribution in [3.63, 3.8) is 0 Å². The quantitative estimate of drug-likeness (QED) is 0.212. The van der Waals surface area contributed by atoms with Gasteiger partial charge in [0.15, 0.2) is 5.96 Å². The number of carbonyl (C=O) groups excluding carboxylic acids is 1. The fraction of sp³-hybridized carbons (Fsp3) is 0.667. The van der Waals surface area contributed by atoms with Crippen molar-refractivity contribution in [2.24, 2.45) is 27.4 Å². The molecule has 0 spiro atoms. The summed E-state index contributed by atoms with van der Waals surface area (Å²) in [5, 5.41) is 2.20. The average Bonchev–Trinajstić information content (AvgIpc) is 2.10.